The SMILES string of the molecule is CCC(=O)O[C@@H](c1ccccc1)[C@@H](C)N(Cc1ccccc1)S(=O)(=O)c1c(C)cc(C)cc1C. The van der Waals surface area contributed by atoms with Crippen molar-refractivity contribution in [3.63, 3.8) is 0 Å². The van der Waals surface area contributed by atoms with Gasteiger partial charge >= 0.3 is 5.97 Å². The van der Waals surface area contributed by atoms with Crippen LogP contribution < -0.4 is 0 Å². The van der Waals surface area contributed by atoms with Crippen molar-refractivity contribution in [3.8, 4) is 0 Å². The number of aryl methyl sites for hydroxylation is 3. The van der Waals surface area contributed by atoms with Gasteiger partial charge in [-0.3, -0.25) is 4.79 Å². The van der Waals surface area contributed by atoms with Gasteiger partial charge in [0, 0.05) is 13.0 Å². The molecule has 0 aromatic heterocycles. The molecule has 2 atom stereocenters. The fraction of sp³-hybridized carbons (Fsp3) is 0.321. The summed E-state index contributed by atoms with van der Waals surface area (Å²) in [6, 6.07) is 21.9. The van der Waals surface area contributed by atoms with Gasteiger partial charge in [-0.25, -0.2) is 8.42 Å². The van der Waals surface area contributed by atoms with E-state index in [1.807, 2.05) is 93.6 Å². The summed E-state index contributed by atoms with van der Waals surface area (Å²) in [6.07, 6.45) is -0.546. The second-order valence-corrected chi connectivity index (χ2v) is 10.5. The Balaban J connectivity index is 2.15. The van der Waals surface area contributed by atoms with E-state index < -0.39 is 22.2 Å². The average Bonchev–Trinajstić information content (AvgIpc) is 2.80. The number of ether oxygens (including phenoxy) is 1. The number of hydrogen-bond acceptors (Lipinski definition) is 4. The van der Waals surface area contributed by atoms with Crippen LogP contribution in [-0.4, -0.2) is 24.7 Å². The Labute approximate surface area is 203 Å². The van der Waals surface area contributed by atoms with E-state index in [-0.39, 0.29) is 18.9 Å². The molecule has 0 unspecified atom stereocenters. The second-order valence-electron chi connectivity index (χ2n) is 8.68. The number of carbonyl (C=O) groups excluding carboxylic acids is 1. The number of sulfonamides is 1. The summed E-state index contributed by atoms with van der Waals surface area (Å²) in [5, 5.41) is 0. The van der Waals surface area contributed by atoms with E-state index >= 15 is 0 Å². The molecule has 0 heterocycles. The second kappa shape index (κ2) is 11.0. The first-order valence-electron chi connectivity index (χ1n) is 11.5. The van der Waals surface area contributed by atoms with Crippen LogP contribution in [0.3, 0.4) is 0 Å². The van der Waals surface area contributed by atoms with Crippen molar-refractivity contribution in [2.75, 3.05) is 0 Å². The summed E-state index contributed by atoms with van der Waals surface area (Å²) in [5.41, 5.74) is 4.01. The van der Waals surface area contributed by atoms with Gasteiger partial charge in [0.25, 0.3) is 0 Å². The van der Waals surface area contributed by atoms with Crippen LogP contribution in [0.2, 0.25) is 0 Å². The number of carbonyl (C=O) groups is 1. The molecular weight excluding hydrogens is 446 g/mol. The third-order valence-electron chi connectivity index (χ3n) is 5.92. The summed E-state index contributed by atoms with van der Waals surface area (Å²) in [5.74, 6) is -0.375. The minimum Gasteiger partial charge on any atom is -0.456 e. The van der Waals surface area contributed by atoms with Crippen LogP contribution >= 0.6 is 0 Å². The van der Waals surface area contributed by atoms with Crippen molar-refractivity contribution in [2.45, 2.75) is 64.6 Å². The fourth-order valence-corrected chi connectivity index (χ4v) is 6.40. The molecule has 5 nitrogen and oxygen atoms in total. The zero-order valence-corrected chi connectivity index (χ0v) is 21.3. The zero-order valence-electron chi connectivity index (χ0n) is 20.5. The van der Waals surface area contributed by atoms with Gasteiger partial charge in [0.15, 0.2) is 0 Å². The molecule has 0 fully saturated rings. The molecule has 0 spiro atoms. The molecule has 0 radical (unpaired) electrons. The van der Waals surface area contributed by atoms with E-state index in [9.17, 15) is 13.2 Å². The molecule has 3 aromatic carbocycles. The Bertz CT molecular complexity index is 1200. The minimum absolute atomic E-state index is 0.157. The minimum atomic E-state index is -3.93. The van der Waals surface area contributed by atoms with Crippen molar-refractivity contribution in [2.24, 2.45) is 0 Å². The molecule has 0 saturated heterocycles. The van der Waals surface area contributed by atoms with Gasteiger partial charge in [0.05, 0.1) is 10.9 Å². The molecule has 0 amide bonds. The summed E-state index contributed by atoms with van der Waals surface area (Å²) in [6.45, 7) is 9.29. The van der Waals surface area contributed by atoms with Gasteiger partial charge in [0.1, 0.15) is 6.10 Å². The number of hydrogen-bond donors (Lipinski definition) is 0. The van der Waals surface area contributed by atoms with Crippen LogP contribution in [0.15, 0.2) is 77.7 Å². The molecule has 3 aromatic rings. The Morgan fingerprint density at radius 3 is 1.97 bits per heavy atom. The maximum absolute atomic E-state index is 14.2. The van der Waals surface area contributed by atoms with Crippen LogP contribution in [0.25, 0.3) is 0 Å². The molecule has 0 bridgehead atoms. The fourth-order valence-electron chi connectivity index (χ4n) is 4.37. The third kappa shape index (κ3) is 5.75. The molecule has 0 aliphatic heterocycles. The van der Waals surface area contributed by atoms with Crippen molar-refractivity contribution in [1.82, 2.24) is 4.31 Å². The van der Waals surface area contributed by atoms with Crippen LogP contribution in [0.1, 0.15) is 54.2 Å². The molecule has 6 heteroatoms. The molecule has 3 rings (SSSR count). The number of benzene rings is 3. The molecule has 0 aliphatic rings. The first-order valence-corrected chi connectivity index (χ1v) is 13.0. The molecule has 34 heavy (non-hydrogen) atoms. The van der Waals surface area contributed by atoms with Crippen LogP contribution in [0.5, 0.6) is 0 Å². The van der Waals surface area contributed by atoms with E-state index in [0.29, 0.717) is 16.0 Å². The van der Waals surface area contributed by atoms with E-state index in [1.165, 1.54) is 4.31 Å². The van der Waals surface area contributed by atoms with E-state index in [1.54, 1.807) is 13.8 Å². The lowest BCUT2D eigenvalue weighted by molar-refractivity contribution is -0.151. The largest absolute Gasteiger partial charge is 0.456 e. The van der Waals surface area contributed by atoms with Gasteiger partial charge < -0.3 is 4.74 Å². The Hall–Kier alpha value is -2.96. The maximum Gasteiger partial charge on any atom is 0.306 e. The smallest absolute Gasteiger partial charge is 0.306 e. The zero-order chi connectivity index (χ0) is 24.9. The summed E-state index contributed by atoms with van der Waals surface area (Å²) in [7, 11) is -3.93. The van der Waals surface area contributed by atoms with E-state index in [2.05, 4.69) is 0 Å². The highest BCUT2D eigenvalue weighted by molar-refractivity contribution is 7.89. The van der Waals surface area contributed by atoms with Gasteiger partial charge in [-0.2, -0.15) is 4.31 Å². The van der Waals surface area contributed by atoms with Crippen LogP contribution in [0, 0.1) is 20.8 Å². The predicted octanol–water partition coefficient (Wildman–Crippen LogP) is 5.89. The van der Waals surface area contributed by atoms with Gasteiger partial charge in [-0.1, -0.05) is 85.3 Å². The lowest BCUT2D eigenvalue weighted by Gasteiger charge is -2.34. The van der Waals surface area contributed by atoms with Crippen molar-refractivity contribution >= 4 is 16.0 Å². The molecule has 0 N–H and O–H groups in total. The highest BCUT2D eigenvalue weighted by Gasteiger charge is 2.37. The van der Waals surface area contributed by atoms with Gasteiger partial charge in [0.2, 0.25) is 10.0 Å². The van der Waals surface area contributed by atoms with Gasteiger partial charge in [-0.05, 0) is 49.9 Å². The first kappa shape index (κ1) is 25.7. The first-order chi connectivity index (χ1) is 16.1. The quantitative estimate of drug-likeness (QED) is 0.359. The van der Waals surface area contributed by atoms with E-state index in [0.717, 1.165) is 16.7 Å². The Morgan fingerprint density at radius 2 is 1.44 bits per heavy atom. The van der Waals surface area contributed by atoms with Crippen LogP contribution in [0.4, 0.5) is 0 Å². The Morgan fingerprint density at radius 1 is 0.912 bits per heavy atom. The van der Waals surface area contributed by atoms with Gasteiger partial charge in [-0.15, -0.1) is 0 Å². The summed E-state index contributed by atoms with van der Waals surface area (Å²) >= 11 is 0. The lowest BCUT2D eigenvalue weighted by Crippen LogP contribution is -2.43. The van der Waals surface area contributed by atoms with Crippen molar-refractivity contribution in [1.29, 1.82) is 0 Å². The summed E-state index contributed by atoms with van der Waals surface area (Å²) in [4.78, 5) is 12.7. The summed E-state index contributed by atoms with van der Waals surface area (Å²) < 4.78 is 35.7. The lowest BCUT2D eigenvalue weighted by atomic mass is 10.0. The highest BCUT2D eigenvalue weighted by atomic mass is 32.2. The van der Waals surface area contributed by atoms with Crippen molar-refractivity contribution in [3.05, 3.63) is 101 Å². The average molecular weight is 480 g/mol. The highest BCUT2D eigenvalue weighted by Crippen LogP contribution is 2.33. The van der Waals surface area contributed by atoms with Crippen LogP contribution in [-0.2, 0) is 26.1 Å². The standard InChI is InChI=1S/C28H33NO4S/c1-6-26(30)33-27(25-15-11-8-12-16-25)23(5)29(19-24-13-9-7-10-14-24)34(31,32)28-21(3)17-20(2)18-22(28)4/h7-18,23,27H,6,19H2,1-5H3/t23-,27-/m1/s1. The third-order valence-corrected chi connectivity index (χ3v) is 8.16. The number of rotatable bonds is 9. The molecular formula is C28H33NO4S. The molecule has 0 aliphatic carbocycles. The normalized spacial score (nSPS) is 13.5. The molecule has 0 saturated carbocycles. The Kier molecular flexibility index (Phi) is 8.28. The van der Waals surface area contributed by atoms with Crippen molar-refractivity contribution < 1.29 is 17.9 Å². The topological polar surface area (TPSA) is 63.7 Å². The van der Waals surface area contributed by atoms with E-state index in [4.69, 9.17) is 4.74 Å². The number of esters is 1. The number of nitrogens with zero attached hydrogens (tertiary/aromatic N) is 1. The predicted molar refractivity (Wildman–Crippen MR) is 135 cm³/mol. The monoisotopic (exact) mass is 479 g/mol. The maximum atomic E-state index is 14.2. The molecule has 180 valence electrons.